The van der Waals surface area contributed by atoms with E-state index in [0.29, 0.717) is 5.41 Å². The molecule has 4 aliphatic carbocycles. The summed E-state index contributed by atoms with van der Waals surface area (Å²) in [6.07, 6.45) is 15.4. The van der Waals surface area contributed by atoms with Crippen LogP contribution in [0.1, 0.15) is 119 Å². The highest BCUT2D eigenvalue weighted by molar-refractivity contribution is 7.58. The van der Waals surface area contributed by atoms with Crippen LogP contribution in [0.15, 0.2) is 72.8 Å². The summed E-state index contributed by atoms with van der Waals surface area (Å²) in [6, 6.07) is 28.6. The second-order valence-corrected chi connectivity index (χ2v) is 21.6. The fourth-order valence-electron chi connectivity index (χ4n) is 12.3. The van der Waals surface area contributed by atoms with Crippen molar-refractivity contribution < 1.29 is 0 Å². The van der Waals surface area contributed by atoms with Crippen LogP contribution in [-0.4, -0.2) is 43.7 Å². The lowest BCUT2D eigenvalue weighted by atomic mass is 9.43. The molecule has 3 aromatic rings. The zero-order valence-corrected chi connectivity index (χ0v) is 33.6. The van der Waals surface area contributed by atoms with Gasteiger partial charge in [0, 0.05) is 23.9 Å². The van der Waals surface area contributed by atoms with E-state index in [4.69, 9.17) is 0 Å². The number of benzene rings is 3. The quantitative estimate of drug-likeness (QED) is 0.205. The molecule has 268 valence electrons. The summed E-state index contributed by atoms with van der Waals surface area (Å²) in [5.74, 6) is 3.54. The molecule has 50 heavy (non-hydrogen) atoms. The van der Waals surface area contributed by atoms with Crippen molar-refractivity contribution in [2.24, 2.45) is 23.7 Å². The van der Waals surface area contributed by atoms with E-state index in [2.05, 4.69) is 120 Å². The van der Waals surface area contributed by atoms with Crippen LogP contribution in [0.2, 0.25) is 0 Å². The third kappa shape index (κ3) is 6.40. The van der Waals surface area contributed by atoms with Gasteiger partial charge in [-0.2, -0.15) is 0 Å². The van der Waals surface area contributed by atoms with Gasteiger partial charge in [0.1, 0.15) is 0 Å². The van der Waals surface area contributed by atoms with E-state index in [1.165, 1.54) is 107 Å². The van der Waals surface area contributed by atoms with Gasteiger partial charge in [-0.1, -0.05) is 108 Å². The Morgan fingerprint density at radius 2 is 1.24 bits per heavy atom. The van der Waals surface area contributed by atoms with Crippen molar-refractivity contribution in [2.75, 3.05) is 32.3 Å². The number of nitrogens with one attached hydrogen (secondary N) is 2. The van der Waals surface area contributed by atoms with Gasteiger partial charge in [0.2, 0.25) is 0 Å². The minimum Gasteiger partial charge on any atom is -0.316 e. The van der Waals surface area contributed by atoms with Crippen LogP contribution in [0.25, 0.3) is 0 Å². The number of rotatable bonds is 10. The topological polar surface area (TPSA) is 24.1 Å². The Kier molecular flexibility index (Phi) is 10.2. The standard InChI is InChI=1S/C46H64N2P2/c1-44(2,36-13-7-5-8-14-36)41-24-35(31-50(38-17-11-19-47-28-38)39-18-12-20-48-29-39)40(25-42(41)45(3,4)37-15-9-6-10-16-37)46-26-32-21-33(27-46)23-34(22-32)43(46)30-49/h5-10,13-16,24-25,32-34,38-39,43,47-48H,11-12,17-23,26-31,49H2,1-4H3. The summed E-state index contributed by atoms with van der Waals surface area (Å²) in [5.41, 5.74) is 11.3. The summed E-state index contributed by atoms with van der Waals surface area (Å²) in [7, 11) is 3.11. The Morgan fingerprint density at radius 1 is 0.720 bits per heavy atom. The minimum atomic E-state index is -0.164. The normalized spacial score (nSPS) is 31.9. The fraction of sp³-hybridized carbons (Fsp3) is 0.609. The van der Waals surface area contributed by atoms with E-state index >= 15 is 0 Å². The lowest BCUT2D eigenvalue weighted by Gasteiger charge is -2.62. The Balaban J connectivity index is 1.37. The van der Waals surface area contributed by atoms with Crippen LogP contribution >= 0.6 is 17.2 Å². The maximum Gasteiger partial charge on any atom is 0.0149 e. The number of hydrogen-bond acceptors (Lipinski definition) is 2. The van der Waals surface area contributed by atoms with E-state index in [9.17, 15) is 0 Å². The molecule has 6 atom stereocenters. The molecule has 2 N–H and O–H groups in total. The minimum absolute atomic E-state index is 0.111. The second-order valence-electron chi connectivity index (χ2n) is 18.3. The first-order valence-electron chi connectivity index (χ1n) is 20.4. The largest absolute Gasteiger partial charge is 0.316 e. The van der Waals surface area contributed by atoms with Gasteiger partial charge in [-0.3, -0.25) is 0 Å². The summed E-state index contributed by atoms with van der Waals surface area (Å²) < 4.78 is 0. The molecule has 2 aliphatic heterocycles. The molecule has 0 radical (unpaired) electrons. The lowest BCUT2D eigenvalue weighted by Crippen LogP contribution is -2.56. The molecular formula is C46H64N2P2. The van der Waals surface area contributed by atoms with Gasteiger partial charge in [0.05, 0.1) is 0 Å². The fourth-order valence-corrected chi connectivity index (χ4v) is 16.6. The van der Waals surface area contributed by atoms with Gasteiger partial charge in [-0.25, -0.2) is 0 Å². The summed E-state index contributed by atoms with van der Waals surface area (Å²) in [4.78, 5) is 0. The second kappa shape index (κ2) is 14.3. The third-order valence-corrected chi connectivity index (χ3v) is 18.7. The highest BCUT2D eigenvalue weighted by Crippen LogP contribution is 2.66. The molecule has 0 aromatic heterocycles. The molecule has 2 heterocycles. The molecule has 6 aliphatic rings. The number of hydrogen-bond donors (Lipinski definition) is 2. The van der Waals surface area contributed by atoms with Crippen LogP contribution < -0.4 is 10.6 Å². The van der Waals surface area contributed by atoms with E-state index in [1.807, 2.05) is 0 Å². The van der Waals surface area contributed by atoms with Crippen LogP contribution in [-0.2, 0) is 22.4 Å². The molecule has 0 amide bonds. The van der Waals surface area contributed by atoms with Crippen molar-refractivity contribution in [2.45, 2.75) is 119 Å². The van der Waals surface area contributed by atoms with Crippen LogP contribution in [0.3, 0.4) is 0 Å². The van der Waals surface area contributed by atoms with Crippen molar-refractivity contribution in [3.8, 4) is 0 Å². The molecular weight excluding hydrogens is 642 g/mol. The van der Waals surface area contributed by atoms with Gasteiger partial charge < -0.3 is 10.6 Å². The Morgan fingerprint density at radius 3 is 1.72 bits per heavy atom. The molecule has 3 aromatic carbocycles. The SMILES string of the molecule is CC(C)(c1ccccc1)c1cc(CP(C2CCCNC2)C2CCCNC2)c(C23CC4CC(CC(C4)C2CP)C3)cc1C(C)(C)c1ccccc1. The Bertz CT molecular complexity index is 1570. The van der Waals surface area contributed by atoms with Crippen molar-refractivity contribution in [1.29, 1.82) is 0 Å². The van der Waals surface area contributed by atoms with Gasteiger partial charge in [0.15, 0.2) is 0 Å². The zero-order valence-electron chi connectivity index (χ0n) is 31.5. The van der Waals surface area contributed by atoms with Crippen LogP contribution in [0.5, 0.6) is 0 Å². The molecule has 4 saturated carbocycles. The van der Waals surface area contributed by atoms with E-state index in [1.54, 1.807) is 22.3 Å². The highest BCUT2D eigenvalue weighted by atomic mass is 31.1. The third-order valence-electron chi connectivity index (χ3n) is 14.7. The summed E-state index contributed by atoms with van der Waals surface area (Å²) in [5, 5.41) is 7.75. The zero-order chi connectivity index (χ0) is 34.5. The lowest BCUT2D eigenvalue weighted by molar-refractivity contribution is -0.0521. The average Bonchev–Trinajstić information content (AvgIpc) is 3.14. The molecule has 2 saturated heterocycles. The molecule has 6 fully saturated rings. The molecule has 0 spiro atoms. The maximum absolute atomic E-state index is 3.88. The van der Waals surface area contributed by atoms with Gasteiger partial charge in [0.25, 0.3) is 0 Å². The number of piperidine rings is 2. The van der Waals surface area contributed by atoms with Gasteiger partial charge in [-0.05, 0) is 157 Å². The first-order valence-corrected chi connectivity index (χ1v) is 22.9. The summed E-state index contributed by atoms with van der Waals surface area (Å²) >= 11 is 0. The predicted molar refractivity (Wildman–Crippen MR) is 219 cm³/mol. The monoisotopic (exact) mass is 706 g/mol. The summed E-state index contributed by atoms with van der Waals surface area (Å²) in [6.45, 7) is 14.9. The van der Waals surface area contributed by atoms with Crippen molar-refractivity contribution in [3.05, 3.63) is 106 Å². The van der Waals surface area contributed by atoms with Gasteiger partial charge in [-0.15, -0.1) is 9.24 Å². The molecule has 4 bridgehead atoms. The van der Waals surface area contributed by atoms with E-state index in [-0.39, 0.29) is 18.8 Å². The first kappa shape index (κ1) is 35.5. The predicted octanol–water partition coefficient (Wildman–Crippen LogP) is 10.4. The molecule has 6 unspecified atom stereocenters. The Hall–Kier alpha value is -1.56. The highest BCUT2D eigenvalue weighted by Gasteiger charge is 2.58. The molecule has 9 rings (SSSR count). The van der Waals surface area contributed by atoms with Gasteiger partial charge >= 0.3 is 0 Å². The van der Waals surface area contributed by atoms with E-state index < -0.39 is 0 Å². The Labute approximate surface area is 308 Å². The van der Waals surface area contributed by atoms with Crippen molar-refractivity contribution in [3.63, 3.8) is 0 Å². The van der Waals surface area contributed by atoms with Crippen molar-refractivity contribution >= 4 is 17.2 Å². The molecule has 4 heteroatoms. The van der Waals surface area contributed by atoms with Crippen molar-refractivity contribution in [1.82, 2.24) is 10.6 Å². The van der Waals surface area contributed by atoms with Crippen LogP contribution in [0, 0.1) is 23.7 Å². The molecule has 2 nitrogen and oxygen atoms in total. The smallest absolute Gasteiger partial charge is 0.0149 e. The van der Waals surface area contributed by atoms with E-state index in [0.717, 1.165) is 35.0 Å². The maximum atomic E-state index is 3.88. The average molecular weight is 707 g/mol. The first-order chi connectivity index (χ1) is 24.2. The van der Waals surface area contributed by atoms with Crippen LogP contribution in [0.4, 0.5) is 0 Å².